The van der Waals surface area contributed by atoms with Crippen molar-refractivity contribution in [3.63, 3.8) is 0 Å². The van der Waals surface area contributed by atoms with E-state index in [4.69, 9.17) is 0 Å². The lowest BCUT2D eigenvalue weighted by atomic mass is 9.90. The molecule has 5 nitrogen and oxygen atoms in total. The number of benzene rings is 1. The van der Waals surface area contributed by atoms with E-state index in [-0.39, 0.29) is 30.2 Å². The lowest BCUT2D eigenvalue weighted by Crippen LogP contribution is -2.45. The van der Waals surface area contributed by atoms with E-state index in [1.54, 1.807) is 0 Å². The molecule has 6 heteroatoms. The minimum absolute atomic E-state index is 0.0444. The molecule has 2 amide bonds. The van der Waals surface area contributed by atoms with Crippen molar-refractivity contribution < 1.29 is 9.59 Å². The van der Waals surface area contributed by atoms with Crippen LogP contribution in [0.25, 0.3) is 11.3 Å². The maximum atomic E-state index is 12.7. The van der Waals surface area contributed by atoms with E-state index in [0.717, 1.165) is 27.7 Å². The van der Waals surface area contributed by atoms with Crippen molar-refractivity contribution in [2.45, 2.75) is 39.2 Å². The quantitative estimate of drug-likeness (QED) is 0.894. The third-order valence-electron chi connectivity index (χ3n) is 4.25. The minimum Gasteiger partial charge on any atom is -0.353 e. The maximum Gasteiger partial charge on any atom is 0.228 e. The van der Waals surface area contributed by atoms with Crippen LogP contribution in [0, 0.1) is 12.8 Å². The van der Waals surface area contributed by atoms with Gasteiger partial charge in [0.1, 0.15) is 10.7 Å². The smallest absolute Gasteiger partial charge is 0.228 e. The lowest BCUT2D eigenvalue weighted by molar-refractivity contribution is -0.130. The van der Waals surface area contributed by atoms with E-state index in [0.29, 0.717) is 6.42 Å². The number of amides is 2. The van der Waals surface area contributed by atoms with Crippen molar-refractivity contribution in [3.05, 3.63) is 35.3 Å². The first-order valence-corrected chi connectivity index (χ1v) is 9.01. The molecule has 2 aromatic rings. The van der Waals surface area contributed by atoms with E-state index in [9.17, 15) is 9.59 Å². The summed E-state index contributed by atoms with van der Waals surface area (Å²) in [6.45, 7) is 3.94. The Morgan fingerprint density at radius 1 is 1.38 bits per heavy atom. The highest BCUT2D eigenvalue weighted by molar-refractivity contribution is 7.16. The summed E-state index contributed by atoms with van der Waals surface area (Å²) in [6.07, 6.45) is 1.78. The summed E-state index contributed by atoms with van der Waals surface area (Å²) in [5.74, 6) is -0.420. The van der Waals surface area contributed by atoms with Crippen molar-refractivity contribution in [3.8, 4) is 11.3 Å². The number of rotatable bonds is 4. The van der Waals surface area contributed by atoms with Crippen molar-refractivity contribution >= 4 is 28.2 Å². The van der Waals surface area contributed by atoms with E-state index in [2.05, 4.69) is 15.6 Å². The van der Waals surface area contributed by atoms with Gasteiger partial charge in [-0.3, -0.25) is 9.59 Å². The lowest BCUT2D eigenvalue weighted by Gasteiger charge is -2.28. The topological polar surface area (TPSA) is 71.1 Å². The van der Waals surface area contributed by atoms with Gasteiger partial charge in [-0.25, -0.2) is 4.98 Å². The summed E-state index contributed by atoms with van der Waals surface area (Å²) < 4.78 is 0. The molecule has 1 aliphatic heterocycles. The molecule has 1 saturated heterocycles. The van der Waals surface area contributed by atoms with Crippen LogP contribution >= 0.6 is 11.3 Å². The third kappa shape index (κ3) is 3.64. The largest absolute Gasteiger partial charge is 0.353 e. The fourth-order valence-electron chi connectivity index (χ4n) is 2.98. The number of hydrogen-bond donors (Lipinski definition) is 2. The summed E-state index contributed by atoms with van der Waals surface area (Å²) in [6, 6.07) is 9.89. The molecule has 0 spiro atoms. The van der Waals surface area contributed by atoms with Crippen LogP contribution in [0.4, 0.5) is 5.00 Å². The van der Waals surface area contributed by atoms with E-state index < -0.39 is 0 Å². The van der Waals surface area contributed by atoms with Gasteiger partial charge in [0, 0.05) is 23.9 Å². The van der Waals surface area contributed by atoms with Gasteiger partial charge in [-0.2, -0.15) is 0 Å². The molecule has 1 aliphatic rings. The van der Waals surface area contributed by atoms with E-state index >= 15 is 0 Å². The predicted molar refractivity (Wildman–Crippen MR) is 95.9 cm³/mol. The fourth-order valence-corrected chi connectivity index (χ4v) is 3.83. The first-order chi connectivity index (χ1) is 11.6. The van der Waals surface area contributed by atoms with Gasteiger partial charge >= 0.3 is 0 Å². The number of aromatic nitrogens is 1. The number of piperidine rings is 1. The Balaban J connectivity index is 1.79. The molecule has 0 aliphatic carbocycles. The Labute approximate surface area is 145 Å². The third-order valence-corrected chi connectivity index (χ3v) is 5.13. The predicted octanol–water partition coefficient (Wildman–Crippen LogP) is 3.36. The molecule has 126 valence electrons. The Kier molecular flexibility index (Phi) is 4.94. The van der Waals surface area contributed by atoms with Crippen molar-refractivity contribution in [2.24, 2.45) is 5.92 Å². The first-order valence-electron chi connectivity index (χ1n) is 8.20. The SMILES string of the molecule is CC[C@@H]1C[C@H](C(=O)Nc2sc(C)nc2-c2ccccc2)CC(=O)N1. The van der Waals surface area contributed by atoms with Crippen LogP contribution < -0.4 is 10.6 Å². The molecule has 2 atom stereocenters. The van der Waals surface area contributed by atoms with Crippen LogP contribution in [0.5, 0.6) is 0 Å². The second-order valence-electron chi connectivity index (χ2n) is 6.08. The highest BCUT2D eigenvalue weighted by Crippen LogP contribution is 2.33. The van der Waals surface area contributed by atoms with Crippen LogP contribution in [0.3, 0.4) is 0 Å². The Morgan fingerprint density at radius 2 is 2.12 bits per heavy atom. The zero-order valence-corrected chi connectivity index (χ0v) is 14.7. The number of nitrogens with zero attached hydrogens (tertiary/aromatic N) is 1. The van der Waals surface area contributed by atoms with Gasteiger partial charge in [0.25, 0.3) is 0 Å². The second-order valence-corrected chi connectivity index (χ2v) is 7.28. The summed E-state index contributed by atoms with van der Waals surface area (Å²) in [7, 11) is 0. The van der Waals surface area contributed by atoms with Crippen LogP contribution in [0.1, 0.15) is 31.2 Å². The highest BCUT2D eigenvalue weighted by atomic mass is 32.1. The average molecular weight is 343 g/mol. The summed E-state index contributed by atoms with van der Waals surface area (Å²) >= 11 is 1.47. The van der Waals surface area contributed by atoms with Gasteiger partial charge in [-0.15, -0.1) is 11.3 Å². The molecule has 2 heterocycles. The molecular formula is C18H21N3O2S. The molecule has 0 radical (unpaired) electrons. The zero-order chi connectivity index (χ0) is 17.1. The molecule has 0 saturated carbocycles. The molecule has 1 aromatic carbocycles. The number of thiazole rings is 1. The van der Waals surface area contributed by atoms with Crippen molar-refractivity contribution in [1.82, 2.24) is 10.3 Å². The van der Waals surface area contributed by atoms with Gasteiger partial charge in [0.15, 0.2) is 0 Å². The standard InChI is InChI=1S/C18H21N3O2S/c1-3-14-9-13(10-15(22)20-14)17(23)21-18-16(19-11(2)24-18)12-7-5-4-6-8-12/h4-8,13-14H,3,9-10H2,1-2H3,(H,20,22)(H,21,23)/t13-,14+/m0/s1. The number of nitrogens with one attached hydrogen (secondary N) is 2. The van der Waals surface area contributed by atoms with Crippen LogP contribution in [-0.4, -0.2) is 22.8 Å². The number of aryl methyl sites for hydroxylation is 1. The summed E-state index contributed by atoms with van der Waals surface area (Å²) in [5, 5.41) is 7.58. The highest BCUT2D eigenvalue weighted by Gasteiger charge is 2.31. The zero-order valence-electron chi connectivity index (χ0n) is 13.8. The number of anilines is 1. The van der Waals surface area contributed by atoms with Gasteiger partial charge in [0.05, 0.1) is 5.01 Å². The molecule has 24 heavy (non-hydrogen) atoms. The van der Waals surface area contributed by atoms with E-state index in [1.807, 2.05) is 44.2 Å². The Morgan fingerprint density at radius 3 is 2.83 bits per heavy atom. The van der Waals surface area contributed by atoms with E-state index in [1.165, 1.54) is 11.3 Å². The minimum atomic E-state index is -0.283. The summed E-state index contributed by atoms with van der Waals surface area (Å²) in [4.78, 5) is 29.0. The second kappa shape index (κ2) is 7.13. The average Bonchev–Trinajstić information content (AvgIpc) is 2.95. The molecule has 0 bridgehead atoms. The molecule has 3 rings (SSSR count). The molecule has 1 fully saturated rings. The van der Waals surface area contributed by atoms with Gasteiger partial charge in [-0.1, -0.05) is 37.3 Å². The van der Waals surface area contributed by atoms with Gasteiger partial charge in [-0.05, 0) is 19.8 Å². The van der Waals surface area contributed by atoms with Gasteiger partial charge in [0.2, 0.25) is 11.8 Å². The monoisotopic (exact) mass is 343 g/mol. The Hall–Kier alpha value is -2.21. The maximum absolute atomic E-state index is 12.7. The molecule has 2 N–H and O–H groups in total. The normalized spacial score (nSPS) is 20.5. The number of hydrogen-bond acceptors (Lipinski definition) is 4. The Bertz CT molecular complexity index is 742. The fraction of sp³-hybridized carbons (Fsp3) is 0.389. The van der Waals surface area contributed by atoms with Gasteiger partial charge < -0.3 is 10.6 Å². The van der Waals surface area contributed by atoms with Crippen LogP contribution in [-0.2, 0) is 9.59 Å². The molecule has 1 aromatic heterocycles. The molecular weight excluding hydrogens is 322 g/mol. The molecule has 0 unspecified atom stereocenters. The van der Waals surface area contributed by atoms with Crippen LogP contribution in [0.2, 0.25) is 0 Å². The van der Waals surface area contributed by atoms with Crippen molar-refractivity contribution in [1.29, 1.82) is 0 Å². The number of carbonyl (C=O) groups excluding carboxylic acids is 2. The first kappa shape index (κ1) is 16.6. The van der Waals surface area contributed by atoms with Crippen molar-refractivity contribution in [2.75, 3.05) is 5.32 Å². The van der Waals surface area contributed by atoms with Crippen LogP contribution in [0.15, 0.2) is 30.3 Å². The summed E-state index contributed by atoms with van der Waals surface area (Å²) in [5.41, 5.74) is 1.77. The number of carbonyl (C=O) groups is 2.